The van der Waals surface area contributed by atoms with Gasteiger partial charge in [0.05, 0.1) is 24.3 Å². The van der Waals surface area contributed by atoms with Gasteiger partial charge < -0.3 is 9.80 Å². The molecule has 140 valence electrons. The molecule has 0 aliphatic carbocycles. The van der Waals surface area contributed by atoms with Gasteiger partial charge in [0.25, 0.3) is 0 Å². The molecule has 0 aliphatic rings. The zero-order valence-corrected chi connectivity index (χ0v) is 16.8. The van der Waals surface area contributed by atoms with Gasteiger partial charge in [-0.1, -0.05) is 38.1 Å². The maximum Gasteiger partial charge on any atom is 0.182 e. The Hall–Kier alpha value is -2.47. The van der Waals surface area contributed by atoms with E-state index in [1.54, 1.807) is 35.4 Å². The third-order valence-electron chi connectivity index (χ3n) is 3.65. The van der Waals surface area contributed by atoms with E-state index >= 15 is 0 Å². The number of hydrogen-bond acceptors (Lipinski definition) is 4. The molecule has 1 unspecified atom stereocenters. The summed E-state index contributed by atoms with van der Waals surface area (Å²) in [5.74, 6) is -0.0968. The minimum absolute atomic E-state index is 0.0723. The SMILES string of the molecule is CC.CN(C)c1ccccc1N(C=N)CC(=O)c1ccc(S(C)=O)cc1. The average Bonchev–Trinajstić information content (AvgIpc) is 2.67. The van der Waals surface area contributed by atoms with Crippen molar-refractivity contribution in [3.05, 3.63) is 54.1 Å². The maximum atomic E-state index is 12.5. The summed E-state index contributed by atoms with van der Waals surface area (Å²) in [5.41, 5.74) is 2.28. The zero-order chi connectivity index (χ0) is 19.7. The normalized spacial score (nSPS) is 11.0. The van der Waals surface area contributed by atoms with Gasteiger partial charge in [0.1, 0.15) is 0 Å². The molecule has 0 spiro atoms. The first-order valence-electron chi connectivity index (χ1n) is 8.44. The van der Waals surface area contributed by atoms with Crippen LogP contribution in [0.1, 0.15) is 24.2 Å². The van der Waals surface area contributed by atoms with Gasteiger partial charge in [-0.25, -0.2) is 0 Å². The largest absolute Gasteiger partial charge is 0.376 e. The lowest BCUT2D eigenvalue weighted by Crippen LogP contribution is -2.29. The predicted octanol–water partition coefficient (Wildman–Crippen LogP) is 3.81. The van der Waals surface area contributed by atoms with Crippen molar-refractivity contribution in [3.8, 4) is 0 Å². The number of hydrogen-bond donors (Lipinski definition) is 1. The molecule has 5 nitrogen and oxygen atoms in total. The van der Waals surface area contributed by atoms with Crippen LogP contribution < -0.4 is 9.80 Å². The van der Waals surface area contributed by atoms with Gasteiger partial charge in [0.2, 0.25) is 0 Å². The third-order valence-corrected chi connectivity index (χ3v) is 4.59. The molecule has 6 heteroatoms. The number of rotatable bonds is 7. The lowest BCUT2D eigenvalue weighted by atomic mass is 10.1. The van der Waals surface area contributed by atoms with Crippen LogP contribution in [0.4, 0.5) is 11.4 Å². The fraction of sp³-hybridized carbons (Fsp3) is 0.300. The molecule has 1 atom stereocenters. The summed E-state index contributed by atoms with van der Waals surface area (Å²) in [4.78, 5) is 16.8. The summed E-state index contributed by atoms with van der Waals surface area (Å²) < 4.78 is 11.4. The molecule has 0 amide bonds. The third kappa shape index (κ3) is 5.52. The summed E-state index contributed by atoms with van der Waals surface area (Å²) >= 11 is 0. The van der Waals surface area contributed by atoms with Gasteiger partial charge in [-0.05, 0) is 24.3 Å². The minimum Gasteiger partial charge on any atom is -0.376 e. The minimum atomic E-state index is -1.06. The molecule has 0 saturated heterocycles. The van der Waals surface area contributed by atoms with E-state index in [-0.39, 0.29) is 12.3 Å². The van der Waals surface area contributed by atoms with E-state index in [1.807, 2.05) is 57.1 Å². The van der Waals surface area contributed by atoms with Crippen LogP contribution in [0, 0.1) is 5.41 Å². The maximum absolute atomic E-state index is 12.5. The Morgan fingerprint density at radius 1 is 1.04 bits per heavy atom. The number of anilines is 2. The Bertz CT molecular complexity index is 758. The number of ketones is 1. The molecule has 0 fully saturated rings. The molecular weight excluding hydrogens is 346 g/mol. The van der Waals surface area contributed by atoms with E-state index in [1.165, 1.54) is 0 Å². The first kappa shape index (κ1) is 21.6. The number of para-hydroxylation sites is 2. The fourth-order valence-electron chi connectivity index (χ4n) is 2.36. The second kappa shape index (κ2) is 10.5. The first-order chi connectivity index (χ1) is 12.4. The van der Waals surface area contributed by atoms with Crippen molar-refractivity contribution in [2.45, 2.75) is 18.7 Å². The van der Waals surface area contributed by atoms with Crippen LogP contribution >= 0.6 is 0 Å². The van der Waals surface area contributed by atoms with Crippen LogP contribution in [0.5, 0.6) is 0 Å². The predicted molar refractivity (Wildman–Crippen MR) is 111 cm³/mol. The summed E-state index contributed by atoms with van der Waals surface area (Å²) in [6, 6.07) is 14.4. The van der Waals surface area contributed by atoms with E-state index < -0.39 is 10.8 Å². The Morgan fingerprint density at radius 2 is 1.58 bits per heavy atom. The molecule has 0 saturated carbocycles. The van der Waals surface area contributed by atoms with Gasteiger partial charge in [0, 0.05) is 41.6 Å². The fourth-order valence-corrected chi connectivity index (χ4v) is 2.88. The van der Waals surface area contributed by atoms with Crippen molar-refractivity contribution in [3.63, 3.8) is 0 Å². The van der Waals surface area contributed by atoms with Gasteiger partial charge in [0.15, 0.2) is 5.78 Å². The van der Waals surface area contributed by atoms with E-state index in [0.717, 1.165) is 17.7 Å². The van der Waals surface area contributed by atoms with E-state index in [4.69, 9.17) is 5.41 Å². The van der Waals surface area contributed by atoms with Crippen LogP contribution in [0.3, 0.4) is 0 Å². The highest BCUT2D eigenvalue weighted by Gasteiger charge is 2.15. The standard InChI is InChI=1S/C18H21N3O2S.C2H6/c1-20(2)16-6-4-5-7-17(16)21(13-19)12-18(22)14-8-10-15(11-9-14)24(3)23;1-2/h4-11,13,19H,12H2,1-3H3;1-2H3. The Labute approximate surface area is 158 Å². The highest BCUT2D eigenvalue weighted by atomic mass is 32.2. The van der Waals surface area contributed by atoms with Crippen molar-refractivity contribution >= 4 is 34.3 Å². The number of carbonyl (C=O) groups excluding carboxylic acids is 1. The monoisotopic (exact) mass is 373 g/mol. The first-order valence-corrected chi connectivity index (χ1v) is 10.00. The van der Waals surface area contributed by atoms with Crippen LogP contribution in [-0.4, -0.2) is 43.2 Å². The van der Waals surface area contributed by atoms with Crippen LogP contribution in [0.25, 0.3) is 0 Å². The molecule has 0 aromatic heterocycles. The second-order valence-corrected chi connectivity index (χ2v) is 6.92. The summed E-state index contributed by atoms with van der Waals surface area (Å²) in [7, 11) is 2.78. The van der Waals surface area contributed by atoms with Gasteiger partial charge >= 0.3 is 0 Å². The zero-order valence-electron chi connectivity index (χ0n) is 16.0. The highest BCUT2D eigenvalue weighted by molar-refractivity contribution is 7.84. The summed E-state index contributed by atoms with van der Waals surface area (Å²) in [6.45, 7) is 4.07. The Morgan fingerprint density at radius 3 is 2.04 bits per heavy atom. The molecule has 2 aromatic rings. The Balaban J connectivity index is 0.00000163. The number of Topliss-reactive ketones (excluding diaryl/α,β-unsaturated/α-hetero) is 1. The lowest BCUT2D eigenvalue weighted by molar-refractivity contribution is 0.100. The molecule has 1 N–H and O–H groups in total. The molecule has 0 radical (unpaired) electrons. The number of nitrogens with zero attached hydrogens (tertiary/aromatic N) is 2. The second-order valence-electron chi connectivity index (χ2n) is 5.54. The summed E-state index contributed by atoms with van der Waals surface area (Å²) in [6.07, 6.45) is 2.77. The van der Waals surface area contributed by atoms with Crippen molar-refractivity contribution in [1.29, 1.82) is 5.41 Å². The number of nitrogens with one attached hydrogen (secondary N) is 1. The highest BCUT2D eigenvalue weighted by Crippen LogP contribution is 2.27. The molecule has 26 heavy (non-hydrogen) atoms. The van der Waals surface area contributed by atoms with Gasteiger partial charge in [-0.3, -0.25) is 14.4 Å². The van der Waals surface area contributed by atoms with Crippen LogP contribution in [-0.2, 0) is 10.8 Å². The quantitative estimate of drug-likeness (QED) is 0.455. The molecular formula is C20H27N3O2S. The molecule has 0 heterocycles. The molecule has 2 aromatic carbocycles. The van der Waals surface area contributed by atoms with E-state index in [2.05, 4.69) is 0 Å². The smallest absolute Gasteiger partial charge is 0.182 e. The van der Waals surface area contributed by atoms with Crippen molar-refractivity contribution < 1.29 is 9.00 Å². The topological polar surface area (TPSA) is 64.5 Å². The van der Waals surface area contributed by atoms with Crippen LogP contribution in [0.15, 0.2) is 53.4 Å². The lowest BCUT2D eigenvalue weighted by Gasteiger charge is -2.25. The summed E-state index contributed by atoms with van der Waals surface area (Å²) in [5, 5.41) is 7.67. The van der Waals surface area contributed by atoms with E-state index in [0.29, 0.717) is 10.5 Å². The number of benzene rings is 2. The van der Waals surface area contributed by atoms with Crippen LogP contribution in [0.2, 0.25) is 0 Å². The van der Waals surface area contributed by atoms with E-state index in [9.17, 15) is 9.00 Å². The molecule has 0 aliphatic heterocycles. The molecule has 2 rings (SSSR count). The van der Waals surface area contributed by atoms with Crippen molar-refractivity contribution in [2.24, 2.45) is 0 Å². The van der Waals surface area contributed by atoms with Gasteiger partial charge in [-0.15, -0.1) is 0 Å². The Kier molecular flexibility index (Phi) is 8.72. The van der Waals surface area contributed by atoms with Gasteiger partial charge in [-0.2, -0.15) is 0 Å². The van der Waals surface area contributed by atoms with Crippen molar-refractivity contribution in [2.75, 3.05) is 36.7 Å². The number of carbonyl (C=O) groups is 1. The van der Waals surface area contributed by atoms with Crippen molar-refractivity contribution in [1.82, 2.24) is 0 Å². The molecule has 0 bridgehead atoms. The average molecular weight is 374 g/mol.